The van der Waals surface area contributed by atoms with Crippen LogP contribution in [0.25, 0.3) is 82.8 Å². The second-order valence-corrected chi connectivity index (χ2v) is 15.3. The summed E-state index contributed by atoms with van der Waals surface area (Å²) in [5.41, 5.74) is 18.5. The first kappa shape index (κ1) is 28.0. The van der Waals surface area contributed by atoms with Crippen molar-refractivity contribution < 1.29 is 4.42 Å². The molecule has 2 aromatic heterocycles. The van der Waals surface area contributed by atoms with Crippen molar-refractivity contribution in [2.45, 2.75) is 38.5 Å². The minimum atomic E-state index is -0.0663. The summed E-state index contributed by atoms with van der Waals surface area (Å²) in [6.07, 6.45) is 0. The monoisotopic (exact) mass is 641 g/mol. The molecule has 0 fully saturated rings. The van der Waals surface area contributed by atoms with Gasteiger partial charge in [-0.25, -0.2) is 0 Å². The van der Waals surface area contributed by atoms with Crippen LogP contribution < -0.4 is 0 Å². The normalized spacial score (nSPS) is 15.1. The van der Waals surface area contributed by atoms with Gasteiger partial charge in [0.05, 0.1) is 11.0 Å². The van der Waals surface area contributed by atoms with Crippen LogP contribution in [-0.4, -0.2) is 4.57 Å². The van der Waals surface area contributed by atoms with Crippen molar-refractivity contribution in [3.8, 4) is 39.1 Å². The van der Waals surface area contributed by atoms with E-state index in [0.29, 0.717) is 0 Å². The lowest BCUT2D eigenvalue weighted by atomic mass is 9.82. The molecule has 2 nitrogen and oxygen atoms in total. The molecule has 2 heteroatoms. The minimum absolute atomic E-state index is 0.0590. The third kappa shape index (κ3) is 3.48. The number of fused-ring (bicyclic) bond motifs is 13. The van der Waals surface area contributed by atoms with E-state index in [1.165, 1.54) is 83.0 Å². The SMILES string of the molecule is CC1(C)c2ccccc2-c2cc3c4cc(-c5ccc6c(c5)oc5c7c(ccc56)C(C)(C)c5ccccc5-7)ccc4n(-c4ccccc4)c3cc21. The number of hydrogen-bond donors (Lipinski definition) is 0. The van der Waals surface area contributed by atoms with Crippen LogP contribution in [0.5, 0.6) is 0 Å². The topological polar surface area (TPSA) is 18.1 Å². The van der Waals surface area contributed by atoms with Crippen LogP contribution in [-0.2, 0) is 10.8 Å². The van der Waals surface area contributed by atoms with E-state index in [2.05, 4.69) is 172 Å². The number of aromatic nitrogens is 1. The van der Waals surface area contributed by atoms with Crippen molar-refractivity contribution in [3.05, 3.63) is 162 Å². The molecule has 7 aromatic carbocycles. The van der Waals surface area contributed by atoms with E-state index in [0.717, 1.165) is 22.1 Å². The van der Waals surface area contributed by atoms with Crippen LogP contribution in [0.3, 0.4) is 0 Å². The Morgan fingerprint density at radius 2 is 1.08 bits per heavy atom. The van der Waals surface area contributed by atoms with E-state index >= 15 is 0 Å². The Labute approximate surface area is 291 Å². The molecular formula is C48H35NO. The second kappa shape index (κ2) is 9.43. The zero-order chi connectivity index (χ0) is 33.5. The molecule has 0 bridgehead atoms. The van der Waals surface area contributed by atoms with Gasteiger partial charge in [-0.2, -0.15) is 0 Å². The van der Waals surface area contributed by atoms with E-state index in [9.17, 15) is 0 Å². The second-order valence-electron chi connectivity index (χ2n) is 15.3. The Morgan fingerprint density at radius 1 is 0.440 bits per heavy atom. The molecule has 0 unspecified atom stereocenters. The van der Waals surface area contributed by atoms with Crippen LogP contribution in [0.4, 0.5) is 0 Å². The Bertz CT molecular complexity index is 2910. The fourth-order valence-electron chi connectivity index (χ4n) is 9.45. The van der Waals surface area contributed by atoms with Crippen molar-refractivity contribution >= 4 is 43.7 Å². The molecule has 0 aliphatic heterocycles. The molecule has 0 amide bonds. The highest BCUT2D eigenvalue weighted by Gasteiger charge is 2.38. The van der Waals surface area contributed by atoms with Crippen LogP contribution in [0.1, 0.15) is 49.9 Å². The van der Waals surface area contributed by atoms with E-state index in [-0.39, 0.29) is 10.8 Å². The van der Waals surface area contributed by atoms with E-state index in [4.69, 9.17) is 4.42 Å². The summed E-state index contributed by atoms with van der Waals surface area (Å²) < 4.78 is 9.27. The van der Waals surface area contributed by atoms with Gasteiger partial charge in [-0.05, 0) is 98.6 Å². The highest BCUT2D eigenvalue weighted by atomic mass is 16.3. The fourth-order valence-corrected chi connectivity index (χ4v) is 9.45. The molecule has 2 aliphatic rings. The smallest absolute Gasteiger partial charge is 0.143 e. The fraction of sp³-hybridized carbons (Fsp3) is 0.125. The van der Waals surface area contributed by atoms with Crippen molar-refractivity contribution in [2.75, 3.05) is 0 Å². The number of rotatable bonds is 2. The summed E-state index contributed by atoms with van der Waals surface area (Å²) in [5.74, 6) is 0. The molecule has 0 N–H and O–H groups in total. The third-order valence-electron chi connectivity index (χ3n) is 12.0. The average Bonchev–Trinajstić information content (AvgIpc) is 3.81. The average molecular weight is 642 g/mol. The lowest BCUT2D eigenvalue weighted by Gasteiger charge is -2.21. The maximum absolute atomic E-state index is 6.83. The third-order valence-corrected chi connectivity index (χ3v) is 12.0. The molecule has 11 rings (SSSR count). The molecule has 2 heterocycles. The predicted octanol–water partition coefficient (Wildman–Crippen LogP) is 13.0. The van der Waals surface area contributed by atoms with Gasteiger partial charge in [0, 0.05) is 43.6 Å². The van der Waals surface area contributed by atoms with E-state index in [1.54, 1.807) is 0 Å². The molecule has 50 heavy (non-hydrogen) atoms. The molecule has 0 saturated carbocycles. The Kier molecular flexibility index (Phi) is 5.28. The van der Waals surface area contributed by atoms with Crippen LogP contribution in [0.2, 0.25) is 0 Å². The van der Waals surface area contributed by atoms with Crippen LogP contribution in [0.15, 0.2) is 144 Å². The first-order valence-electron chi connectivity index (χ1n) is 17.7. The molecule has 0 radical (unpaired) electrons. The maximum atomic E-state index is 6.83. The quantitative estimate of drug-likeness (QED) is 0.184. The molecule has 0 saturated heterocycles. The van der Waals surface area contributed by atoms with E-state index < -0.39 is 0 Å². The summed E-state index contributed by atoms with van der Waals surface area (Å²) in [6, 6.07) is 51.7. The summed E-state index contributed by atoms with van der Waals surface area (Å²) in [5, 5.41) is 4.87. The first-order valence-corrected chi connectivity index (χ1v) is 17.7. The van der Waals surface area contributed by atoms with E-state index in [1.807, 2.05) is 0 Å². The summed E-state index contributed by atoms with van der Waals surface area (Å²) in [7, 11) is 0. The van der Waals surface area contributed by atoms with Gasteiger partial charge >= 0.3 is 0 Å². The highest BCUT2D eigenvalue weighted by Crippen LogP contribution is 2.53. The lowest BCUT2D eigenvalue weighted by Crippen LogP contribution is -2.14. The summed E-state index contributed by atoms with van der Waals surface area (Å²) in [6.45, 7) is 9.37. The largest absolute Gasteiger partial charge is 0.455 e. The van der Waals surface area contributed by atoms with Crippen molar-refractivity contribution in [2.24, 2.45) is 0 Å². The van der Waals surface area contributed by atoms with Crippen LogP contribution >= 0.6 is 0 Å². The standard InChI is InChI=1S/C48H35NO/c1-47(2)39-17-11-9-15-34(39)45-40(47)22-21-33-32-20-18-29(25-44(32)50-46(33)45)28-19-23-42-36(24-28)37-26-35-31-14-8-10-16-38(31)48(3,4)41(35)27-43(37)49(42)30-12-6-5-7-13-30/h5-27H,1-4H3. The van der Waals surface area contributed by atoms with Crippen molar-refractivity contribution in [1.29, 1.82) is 0 Å². The minimum Gasteiger partial charge on any atom is -0.455 e. The van der Waals surface area contributed by atoms with Gasteiger partial charge in [-0.15, -0.1) is 0 Å². The number of furan rings is 1. The lowest BCUT2D eigenvalue weighted by molar-refractivity contribution is 0.653. The number of para-hydroxylation sites is 1. The molecule has 238 valence electrons. The summed E-state index contributed by atoms with van der Waals surface area (Å²) >= 11 is 0. The Balaban J connectivity index is 1.13. The Morgan fingerprint density at radius 3 is 1.90 bits per heavy atom. The summed E-state index contributed by atoms with van der Waals surface area (Å²) in [4.78, 5) is 0. The predicted molar refractivity (Wildman–Crippen MR) is 209 cm³/mol. The number of benzene rings is 7. The Hall–Kier alpha value is -5.86. The van der Waals surface area contributed by atoms with Gasteiger partial charge in [-0.1, -0.05) is 119 Å². The van der Waals surface area contributed by atoms with Gasteiger partial charge in [0.1, 0.15) is 11.2 Å². The van der Waals surface area contributed by atoms with Gasteiger partial charge in [-0.3, -0.25) is 0 Å². The van der Waals surface area contributed by atoms with Gasteiger partial charge < -0.3 is 8.98 Å². The maximum Gasteiger partial charge on any atom is 0.143 e. The molecular weight excluding hydrogens is 607 g/mol. The molecule has 0 atom stereocenters. The first-order chi connectivity index (χ1) is 24.3. The van der Waals surface area contributed by atoms with Gasteiger partial charge in [0.25, 0.3) is 0 Å². The molecule has 9 aromatic rings. The van der Waals surface area contributed by atoms with Crippen LogP contribution in [0, 0.1) is 0 Å². The molecule has 2 aliphatic carbocycles. The zero-order valence-electron chi connectivity index (χ0n) is 28.6. The van der Waals surface area contributed by atoms with Gasteiger partial charge in [0.15, 0.2) is 0 Å². The zero-order valence-corrected chi connectivity index (χ0v) is 28.6. The van der Waals surface area contributed by atoms with Crippen molar-refractivity contribution in [1.82, 2.24) is 4.57 Å². The number of hydrogen-bond acceptors (Lipinski definition) is 1. The van der Waals surface area contributed by atoms with Gasteiger partial charge in [0.2, 0.25) is 0 Å². The molecule has 0 spiro atoms. The highest BCUT2D eigenvalue weighted by molar-refractivity contribution is 6.14. The number of nitrogens with zero attached hydrogens (tertiary/aromatic N) is 1. The van der Waals surface area contributed by atoms with Crippen molar-refractivity contribution in [3.63, 3.8) is 0 Å².